The summed E-state index contributed by atoms with van der Waals surface area (Å²) in [5, 5.41) is 9.43. The number of halogens is 1. The number of rotatable bonds is 4. The quantitative estimate of drug-likeness (QED) is 0.912. The van der Waals surface area contributed by atoms with E-state index in [9.17, 15) is 13.5 Å². The van der Waals surface area contributed by atoms with Gasteiger partial charge in [-0.3, -0.25) is 0 Å². The first-order valence-corrected chi connectivity index (χ1v) is 7.68. The molecule has 0 amide bonds. The first kappa shape index (κ1) is 12.9. The third-order valence-corrected chi connectivity index (χ3v) is 5.91. The Kier molecular flexibility index (Phi) is 3.48. The smallest absolute Gasteiger partial charge is 0.153 e. The van der Waals surface area contributed by atoms with Crippen molar-refractivity contribution < 1.29 is 13.5 Å². The lowest BCUT2D eigenvalue weighted by Gasteiger charge is -2.00. The van der Waals surface area contributed by atoms with Crippen molar-refractivity contribution >= 4 is 21.4 Å². The molecule has 1 aliphatic carbocycles. The van der Waals surface area contributed by atoms with E-state index in [0.717, 1.165) is 5.56 Å². The lowest BCUT2D eigenvalue weighted by molar-refractivity contribution is 0.274. The molecule has 3 nitrogen and oxygen atoms in total. The van der Waals surface area contributed by atoms with Crippen molar-refractivity contribution in [3.8, 4) is 0 Å². The van der Waals surface area contributed by atoms with Gasteiger partial charge in [-0.05, 0) is 17.7 Å². The fourth-order valence-corrected chi connectivity index (χ4v) is 4.38. The molecule has 1 aromatic carbocycles. The minimum Gasteiger partial charge on any atom is -0.396 e. The highest BCUT2D eigenvalue weighted by molar-refractivity contribution is 7.92. The predicted octanol–water partition coefficient (Wildman–Crippen LogP) is 1.85. The van der Waals surface area contributed by atoms with Gasteiger partial charge in [0.1, 0.15) is 0 Å². The highest BCUT2D eigenvalue weighted by Gasteiger charge is 2.57. The van der Waals surface area contributed by atoms with Crippen molar-refractivity contribution in [2.24, 2.45) is 5.92 Å². The van der Waals surface area contributed by atoms with Crippen LogP contribution in [0.1, 0.15) is 18.4 Å². The zero-order valence-corrected chi connectivity index (χ0v) is 11.1. The lowest BCUT2D eigenvalue weighted by Crippen LogP contribution is -2.13. The van der Waals surface area contributed by atoms with Crippen LogP contribution < -0.4 is 0 Å². The van der Waals surface area contributed by atoms with E-state index in [1.54, 1.807) is 19.1 Å². The van der Waals surface area contributed by atoms with E-state index in [1.807, 2.05) is 12.1 Å². The van der Waals surface area contributed by atoms with Gasteiger partial charge in [-0.25, -0.2) is 8.42 Å². The monoisotopic (exact) mass is 274 g/mol. The van der Waals surface area contributed by atoms with Gasteiger partial charge in [0.2, 0.25) is 0 Å². The van der Waals surface area contributed by atoms with E-state index < -0.39 is 15.1 Å². The molecule has 3 atom stereocenters. The molecule has 0 radical (unpaired) electrons. The van der Waals surface area contributed by atoms with E-state index in [0.29, 0.717) is 5.02 Å². The Labute approximate surface area is 106 Å². The molecule has 0 saturated heterocycles. The predicted molar refractivity (Wildman–Crippen MR) is 68.0 cm³/mol. The second-order valence-electron chi connectivity index (χ2n) is 4.34. The first-order chi connectivity index (χ1) is 8.01. The summed E-state index contributed by atoms with van der Waals surface area (Å²) in [6.07, 6.45) is 0. The number of hydrogen-bond donors (Lipinski definition) is 1. The van der Waals surface area contributed by atoms with Crippen LogP contribution in [-0.2, 0) is 9.84 Å². The van der Waals surface area contributed by atoms with Crippen LogP contribution in [-0.4, -0.2) is 31.1 Å². The van der Waals surface area contributed by atoms with Gasteiger partial charge in [0.25, 0.3) is 0 Å². The highest BCUT2D eigenvalue weighted by atomic mass is 35.5. The van der Waals surface area contributed by atoms with Crippen LogP contribution >= 0.6 is 11.6 Å². The molecule has 0 spiro atoms. The maximum absolute atomic E-state index is 11.8. The van der Waals surface area contributed by atoms with Gasteiger partial charge >= 0.3 is 0 Å². The van der Waals surface area contributed by atoms with Crippen LogP contribution in [0, 0.1) is 5.92 Å². The zero-order valence-electron chi connectivity index (χ0n) is 9.51. The van der Waals surface area contributed by atoms with E-state index >= 15 is 0 Å². The fraction of sp³-hybridized carbons (Fsp3) is 0.500. The molecule has 0 bridgehead atoms. The summed E-state index contributed by atoms with van der Waals surface area (Å²) < 4.78 is 23.7. The minimum atomic E-state index is -3.09. The lowest BCUT2D eigenvalue weighted by atomic mass is 10.1. The third-order valence-electron chi connectivity index (χ3n) is 3.38. The van der Waals surface area contributed by atoms with E-state index in [1.165, 1.54) is 0 Å². The zero-order chi connectivity index (χ0) is 12.6. The van der Waals surface area contributed by atoms with Crippen LogP contribution in [0.5, 0.6) is 0 Å². The van der Waals surface area contributed by atoms with E-state index in [-0.39, 0.29) is 24.2 Å². The highest BCUT2D eigenvalue weighted by Crippen LogP contribution is 2.52. The second-order valence-corrected chi connectivity index (χ2v) is 7.22. The number of hydrogen-bond acceptors (Lipinski definition) is 3. The van der Waals surface area contributed by atoms with Crippen LogP contribution in [0.4, 0.5) is 0 Å². The van der Waals surface area contributed by atoms with E-state index in [2.05, 4.69) is 0 Å². The molecule has 94 valence electrons. The number of sulfone groups is 1. The molecule has 1 aliphatic rings. The average Bonchev–Trinajstić information content (AvgIpc) is 3.05. The third kappa shape index (κ3) is 2.34. The average molecular weight is 275 g/mol. The molecule has 1 N–H and O–H groups in total. The maximum atomic E-state index is 11.8. The summed E-state index contributed by atoms with van der Waals surface area (Å²) in [4.78, 5) is 0. The largest absolute Gasteiger partial charge is 0.396 e. The number of aliphatic hydroxyl groups is 1. The van der Waals surface area contributed by atoms with Crippen LogP contribution in [0.2, 0.25) is 5.02 Å². The molecule has 1 fully saturated rings. The molecule has 5 heteroatoms. The van der Waals surface area contributed by atoms with Gasteiger partial charge in [0, 0.05) is 29.2 Å². The van der Waals surface area contributed by atoms with Gasteiger partial charge < -0.3 is 5.11 Å². The normalized spacial score (nSPS) is 28.1. The van der Waals surface area contributed by atoms with Crippen molar-refractivity contribution in [1.29, 1.82) is 0 Å². The number of aliphatic hydroxyl groups excluding tert-OH is 1. The number of benzene rings is 1. The van der Waals surface area contributed by atoms with Crippen molar-refractivity contribution in [1.82, 2.24) is 0 Å². The molecule has 0 unspecified atom stereocenters. The van der Waals surface area contributed by atoms with Crippen LogP contribution in [0.25, 0.3) is 0 Å². The van der Waals surface area contributed by atoms with Crippen molar-refractivity contribution in [3.05, 3.63) is 34.9 Å². The summed E-state index contributed by atoms with van der Waals surface area (Å²) in [5.41, 5.74) is 0.940. The standard InChI is InChI=1S/C12H15ClO3S/c1-2-17(15,16)12-10(7-14)11(12)8-3-5-9(13)6-4-8/h3-6,10-12,14H,2,7H2,1H3/t10-,11-,12+/m0/s1. The maximum Gasteiger partial charge on any atom is 0.153 e. The Balaban J connectivity index is 2.26. The van der Waals surface area contributed by atoms with Crippen molar-refractivity contribution in [3.63, 3.8) is 0 Å². The van der Waals surface area contributed by atoms with Gasteiger partial charge in [-0.1, -0.05) is 30.7 Å². The minimum absolute atomic E-state index is 0.0813. The summed E-state index contributed by atoms with van der Waals surface area (Å²) in [5.74, 6) is -0.124. The molecular formula is C12H15ClO3S. The summed E-state index contributed by atoms with van der Waals surface area (Å²) in [7, 11) is -3.09. The molecule has 1 saturated carbocycles. The van der Waals surface area contributed by atoms with E-state index in [4.69, 9.17) is 11.6 Å². The van der Waals surface area contributed by atoms with Crippen molar-refractivity contribution in [2.45, 2.75) is 18.1 Å². The summed E-state index contributed by atoms with van der Waals surface area (Å²) >= 11 is 5.79. The molecule has 0 aliphatic heterocycles. The van der Waals surface area contributed by atoms with Crippen LogP contribution in [0.3, 0.4) is 0 Å². The fourth-order valence-electron chi connectivity index (χ4n) is 2.36. The summed E-state index contributed by atoms with van der Waals surface area (Å²) in [6, 6.07) is 7.17. The molecule has 2 rings (SSSR count). The van der Waals surface area contributed by atoms with Gasteiger partial charge in [0.15, 0.2) is 9.84 Å². The van der Waals surface area contributed by atoms with Gasteiger partial charge in [-0.2, -0.15) is 0 Å². The Bertz CT molecular complexity index is 495. The molecular weight excluding hydrogens is 260 g/mol. The topological polar surface area (TPSA) is 54.4 Å². The molecule has 0 aromatic heterocycles. The molecule has 1 aromatic rings. The van der Waals surface area contributed by atoms with Gasteiger partial charge in [0.05, 0.1) is 5.25 Å². The Hall–Kier alpha value is -0.580. The van der Waals surface area contributed by atoms with Crippen molar-refractivity contribution in [2.75, 3.05) is 12.4 Å². The van der Waals surface area contributed by atoms with Gasteiger partial charge in [-0.15, -0.1) is 0 Å². The van der Waals surface area contributed by atoms with Crippen LogP contribution in [0.15, 0.2) is 24.3 Å². The Morgan fingerprint density at radius 1 is 1.29 bits per heavy atom. The Morgan fingerprint density at radius 2 is 1.88 bits per heavy atom. The second kappa shape index (κ2) is 4.59. The SMILES string of the molecule is CCS(=O)(=O)[C@@H]1[C@@H](CO)[C@@H]1c1ccc(Cl)cc1. The summed E-state index contributed by atoms with van der Waals surface area (Å²) in [6.45, 7) is 1.55. The Morgan fingerprint density at radius 3 is 2.35 bits per heavy atom. The molecule has 17 heavy (non-hydrogen) atoms. The first-order valence-electron chi connectivity index (χ1n) is 5.59. The molecule has 0 heterocycles.